The lowest BCUT2D eigenvalue weighted by molar-refractivity contribution is 0.160. The van der Waals surface area contributed by atoms with Gasteiger partial charge in [-0.15, -0.1) is 0 Å². The van der Waals surface area contributed by atoms with Crippen LogP contribution >= 0.6 is 0 Å². The van der Waals surface area contributed by atoms with Crippen molar-refractivity contribution in [2.24, 2.45) is 5.92 Å². The van der Waals surface area contributed by atoms with Gasteiger partial charge in [0, 0.05) is 13.0 Å². The second-order valence-corrected chi connectivity index (χ2v) is 1.85. The van der Waals surface area contributed by atoms with E-state index in [1.54, 1.807) is 7.11 Å². The molecule has 0 aliphatic rings. The monoisotopic (exact) mass is 101 g/mol. The van der Waals surface area contributed by atoms with Gasteiger partial charge in [0.2, 0.25) is 0 Å². The molecule has 0 aromatic rings. The number of rotatable bonds is 3. The first-order valence-corrected chi connectivity index (χ1v) is 2.59. The Kier molecular flexibility index (Phi) is 3.90. The molecule has 1 unspecified atom stereocenters. The molecule has 0 aromatic heterocycles. The molecular weight excluding hydrogens is 88.1 g/mol. The molecule has 1 heteroatoms. The maximum Gasteiger partial charge on any atom is 0.0898 e. The minimum atomic E-state index is 0.616. The Morgan fingerprint density at radius 2 is 2.29 bits per heavy atom. The zero-order chi connectivity index (χ0) is 5.70. The lowest BCUT2D eigenvalue weighted by atomic mass is 10.1. The average Bonchev–Trinajstić information content (AvgIpc) is 1.68. The smallest absolute Gasteiger partial charge is 0.0898 e. The largest absolute Gasteiger partial charge is 0.384 e. The highest BCUT2D eigenvalue weighted by Gasteiger charge is 1.98. The summed E-state index contributed by atoms with van der Waals surface area (Å²) in [5, 5.41) is 0. The van der Waals surface area contributed by atoms with E-state index < -0.39 is 0 Å². The van der Waals surface area contributed by atoms with Crippen molar-refractivity contribution in [2.45, 2.75) is 13.3 Å². The molecule has 0 aliphatic heterocycles. The van der Waals surface area contributed by atoms with E-state index in [0.29, 0.717) is 5.92 Å². The van der Waals surface area contributed by atoms with Crippen molar-refractivity contribution < 1.29 is 4.74 Å². The molecule has 0 heterocycles. The Morgan fingerprint density at radius 1 is 1.71 bits per heavy atom. The molecule has 0 spiro atoms. The van der Waals surface area contributed by atoms with Crippen molar-refractivity contribution in [3.63, 3.8) is 0 Å². The van der Waals surface area contributed by atoms with Crippen molar-refractivity contribution in [1.29, 1.82) is 0 Å². The van der Waals surface area contributed by atoms with Crippen molar-refractivity contribution >= 4 is 0 Å². The van der Waals surface area contributed by atoms with E-state index in [0.717, 1.165) is 13.0 Å². The van der Waals surface area contributed by atoms with E-state index >= 15 is 0 Å². The van der Waals surface area contributed by atoms with Gasteiger partial charge in [0.05, 0.1) is 20.0 Å². The van der Waals surface area contributed by atoms with Crippen LogP contribution in [0.15, 0.2) is 0 Å². The molecule has 0 N–H and O–H groups in total. The number of methoxy groups -OCH3 is 1. The topological polar surface area (TPSA) is 9.23 Å². The molecule has 0 amide bonds. The molecule has 0 aliphatic carbocycles. The summed E-state index contributed by atoms with van der Waals surface area (Å²) < 4.78 is 4.85. The quantitative estimate of drug-likeness (QED) is 0.489. The summed E-state index contributed by atoms with van der Waals surface area (Å²) in [6.07, 6.45) is 0.966. The van der Waals surface area contributed by atoms with Crippen LogP contribution in [0.5, 0.6) is 0 Å². The third-order valence-corrected chi connectivity index (χ3v) is 0.944. The second-order valence-electron chi connectivity index (χ2n) is 1.85. The van der Waals surface area contributed by atoms with E-state index in [1.807, 2.05) is 0 Å². The molecule has 0 saturated heterocycles. The fourth-order valence-electron chi connectivity index (χ4n) is 0.368. The first-order valence-electron chi connectivity index (χ1n) is 2.59. The summed E-state index contributed by atoms with van der Waals surface area (Å²) in [5.74, 6) is 0.616. The lowest BCUT2D eigenvalue weighted by Gasteiger charge is -1.99. The minimum Gasteiger partial charge on any atom is -0.384 e. The Morgan fingerprint density at radius 3 is 2.43 bits per heavy atom. The van der Waals surface area contributed by atoms with E-state index in [2.05, 4.69) is 13.8 Å². The predicted octanol–water partition coefficient (Wildman–Crippen LogP) is 1.49. The van der Waals surface area contributed by atoms with Crippen molar-refractivity contribution in [2.75, 3.05) is 13.7 Å². The number of ether oxygens (including phenoxy) is 1. The van der Waals surface area contributed by atoms with Crippen LogP contribution in [-0.2, 0) is 4.74 Å². The van der Waals surface area contributed by atoms with Gasteiger partial charge in [-0.05, 0) is 0 Å². The summed E-state index contributed by atoms with van der Waals surface area (Å²) in [5.41, 5.74) is 0. The summed E-state index contributed by atoms with van der Waals surface area (Å²) in [6, 6.07) is 0. The van der Waals surface area contributed by atoms with E-state index in [4.69, 9.17) is 4.74 Å². The Labute approximate surface area is 45.7 Å². The number of hydrogen-bond acceptors (Lipinski definition) is 1. The maximum absolute atomic E-state index is 4.85. The van der Waals surface area contributed by atoms with Crippen LogP contribution in [-0.4, -0.2) is 13.7 Å². The van der Waals surface area contributed by atoms with Gasteiger partial charge in [-0.25, -0.2) is 0 Å². The summed E-state index contributed by atoms with van der Waals surface area (Å²) in [4.78, 5) is 0. The molecule has 0 rings (SSSR count). The standard InChI is InChI=1S/C6H13O/c1-4-6(2)5-7-3/h6H,1,4-5H2,2-3H3/q+1. The zero-order valence-corrected chi connectivity index (χ0v) is 5.11. The Bertz CT molecular complexity index is 35.2. The molecule has 0 saturated carbocycles. The number of hydrogen-bond donors (Lipinski definition) is 0. The molecular formula is C6H13O+. The lowest BCUT2D eigenvalue weighted by Crippen LogP contribution is -2.00. The third kappa shape index (κ3) is 3.67. The maximum atomic E-state index is 4.85. The van der Waals surface area contributed by atoms with E-state index in [9.17, 15) is 0 Å². The van der Waals surface area contributed by atoms with Crippen LogP contribution in [0.2, 0.25) is 0 Å². The SMILES string of the molecule is [CH2+]CC(C)COC. The fourth-order valence-corrected chi connectivity index (χ4v) is 0.368. The van der Waals surface area contributed by atoms with Gasteiger partial charge in [-0.3, -0.25) is 0 Å². The van der Waals surface area contributed by atoms with Crippen LogP contribution < -0.4 is 0 Å². The first-order chi connectivity index (χ1) is 3.31. The third-order valence-electron chi connectivity index (χ3n) is 0.944. The van der Waals surface area contributed by atoms with Crippen molar-refractivity contribution in [3.8, 4) is 0 Å². The molecule has 0 bridgehead atoms. The molecule has 0 aromatic carbocycles. The Hall–Kier alpha value is -0.170. The van der Waals surface area contributed by atoms with Crippen LogP contribution in [0.4, 0.5) is 0 Å². The first kappa shape index (κ1) is 6.83. The minimum absolute atomic E-state index is 0.616. The van der Waals surface area contributed by atoms with E-state index in [1.165, 1.54) is 0 Å². The highest BCUT2D eigenvalue weighted by molar-refractivity contribution is 4.50. The van der Waals surface area contributed by atoms with Crippen LogP contribution in [0, 0.1) is 12.8 Å². The zero-order valence-electron chi connectivity index (χ0n) is 5.11. The molecule has 0 fully saturated rings. The van der Waals surface area contributed by atoms with Gasteiger partial charge in [-0.1, -0.05) is 6.92 Å². The van der Waals surface area contributed by atoms with Crippen molar-refractivity contribution in [3.05, 3.63) is 6.92 Å². The van der Waals surface area contributed by atoms with Gasteiger partial charge in [0.25, 0.3) is 0 Å². The molecule has 0 radical (unpaired) electrons. The molecule has 42 valence electrons. The Balaban J connectivity index is 2.83. The highest BCUT2D eigenvalue weighted by atomic mass is 16.5. The average molecular weight is 101 g/mol. The van der Waals surface area contributed by atoms with Gasteiger partial charge in [0.15, 0.2) is 0 Å². The highest BCUT2D eigenvalue weighted by Crippen LogP contribution is 1.97. The van der Waals surface area contributed by atoms with Gasteiger partial charge in [0.1, 0.15) is 0 Å². The molecule has 1 nitrogen and oxygen atoms in total. The summed E-state index contributed by atoms with van der Waals surface area (Å²) in [6.45, 7) is 6.68. The van der Waals surface area contributed by atoms with Crippen molar-refractivity contribution in [1.82, 2.24) is 0 Å². The summed E-state index contributed by atoms with van der Waals surface area (Å²) >= 11 is 0. The molecule has 7 heavy (non-hydrogen) atoms. The normalized spacial score (nSPS) is 14.0. The fraction of sp³-hybridized carbons (Fsp3) is 0.833. The van der Waals surface area contributed by atoms with Crippen LogP contribution in [0.25, 0.3) is 0 Å². The van der Waals surface area contributed by atoms with Crippen LogP contribution in [0.3, 0.4) is 0 Å². The van der Waals surface area contributed by atoms with Gasteiger partial charge >= 0.3 is 0 Å². The van der Waals surface area contributed by atoms with Crippen LogP contribution in [0.1, 0.15) is 13.3 Å². The predicted molar refractivity (Wildman–Crippen MR) is 31.0 cm³/mol. The van der Waals surface area contributed by atoms with Gasteiger partial charge in [-0.2, -0.15) is 0 Å². The second kappa shape index (κ2) is 4.00. The summed E-state index contributed by atoms with van der Waals surface area (Å²) in [7, 11) is 1.71. The van der Waals surface area contributed by atoms with E-state index in [-0.39, 0.29) is 0 Å². The molecule has 1 atom stereocenters. The van der Waals surface area contributed by atoms with Gasteiger partial charge < -0.3 is 4.74 Å².